The molecule has 0 bridgehead atoms. The molecule has 0 fully saturated rings. The first-order valence-corrected chi connectivity index (χ1v) is 11.2. The molecule has 0 N–H and O–H groups in total. The van der Waals surface area contributed by atoms with E-state index < -0.39 is 15.6 Å². The van der Waals surface area contributed by atoms with Gasteiger partial charge in [-0.15, -0.1) is 0 Å². The van der Waals surface area contributed by atoms with Crippen LogP contribution in [0.4, 0.5) is 13.2 Å². The van der Waals surface area contributed by atoms with Gasteiger partial charge in [0.25, 0.3) is 0 Å². The highest BCUT2D eigenvalue weighted by atomic mass is 32.2. The van der Waals surface area contributed by atoms with Gasteiger partial charge in [-0.2, -0.15) is 21.6 Å². The Morgan fingerprint density at radius 2 is 1.00 bits per heavy atom. The van der Waals surface area contributed by atoms with Crippen molar-refractivity contribution < 1.29 is 25.8 Å². The molecule has 0 unspecified atom stereocenters. The summed E-state index contributed by atoms with van der Waals surface area (Å²) in [4.78, 5) is 0. The molecule has 6 rings (SSSR count). The Morgan fingerprint density at radius 1 is 0.562 bits per heavy atom. The van der Waals surface area contributed by atoms with Crippen molar-refractivity contribution in [1.29, 1.82) is 0 Å². The Kier molecular flexibility index (Phi) is 3.73. The number of alkyl halides is 3. The number of rotatable bonds is 2. The Hall–Kier alpha value is -3.58. The summed E-state index contributed by atoms with van der Waals surface area (Å²) in [5, 5.41) is 9.56. The van der Waals surface area contributed by atoms with Gasteiger partial charge in [-0.05, 0) is 72.1 Å². The van der Waals surface area contributed by atoms with Crippen LogP contribution in [0.1, 0.15) is 0 Å². The minimum absolute atomic E-state index is 0.380. The molecule has 0 aliphatic carbocycles. The van der Waals surface area contributed by atoms with E-state index in [0.29, 0.717) is 5.39 Å². The van der Waals surface area contributed by atoms with E-state index in [-0.39, 0.29) is 5.75 Å². The number of benzene rings is 6. The molecule has 6 aromatic carbocycles. The van der Waals surface area contributed by atoms with Gasteiger partial charge in [0.05, 0.1) is 0 Å². The molecule has 158 valence electrons. The normalized spacial score (nSPS) is 13.1. The molecule has 0 saturated carbocycles. The first kappa shape index (κ1) is 19.1. The highest BCUT2D eigenvalue weighted by Crippen LogP contribution is 2.45. The molecule has 7 heteroatoms. The third-order valence-electron chi connectivity index (χ3n) is 5.95. The van der Waals surface area contributed by atoms with Gasteiger partial charge in [-0.25, -0.2) is 0 Å². The monoisotopic (exact) mass is 450 g/mol. The Labute approximate surface area is 180 Å². The van der Waals surface area contributed by atoms with E-state index in [1.165, 1.54) is 12.1 Å². The predicted molar refractivity (Wildman–Crippen MR) is 121 cm³/mol. The number of hydrogen-bond donors (Lipinski definition) is 0. The van der Waals surface area contributed by atoms with Crippen molar-refractivity contribution in [3.63, 3.8) is 0 Å². The summed E-state index contributed by atoms with van der Waals surface area (Å²) in [6.45, 7) is 0. The third-order valence-corrected chi connectivity index (χ3v) is 6.93. The highest BCUT2D eigenvalue weighted by Gasteiger charge is 2.48. The lowest BCUT2D eigenvalue weighted by Crippen LogP contribution is -2.28. The van der Waals surface area contributed by atoms with Gasteiger partial charge in [0.2, 0.25) is 0 Å². The Morgan fingerprint density at radius 3 is 1.50 bits per heavy atom. The zero-order valence-electron chi connectivity index (χ0n) is 16.3. The molecule has 0 aliphatic rings. The van der Waals surface area contributed by atoms with Crippen LogP contribution in [0.3, 0.4) is 0 Å². The van der Waals surface area contributed by atoms with Crippen LogP contribution in [0.2, 0.25) is 0 Å². The van der Waals surface area contributed by atoms with Crippen molar-refractivity contribution in [3.05, 3.63) is 78.9 Å². The lowest BCUT2D eigenvalue weighted by molar-refractivity contribution is -0.0500. The quantitative estimate of drug-likeness (QED) is 0.122. The van der Waals surface area contributed by atoms with Crippen LogP contribution in [-0.4, -0.2) is 13.9 Å². The molecule has 32 heavy (non-hydrogen) atoms. The molecule has 0 aliphatic heterocycles. The molecule has 0 saturated heterocycles. The summed E-state index contributed by atoms with van der Waals surface area (Å²) in [6, 6.07) is 24.1. The summed E-state index contributed by atoms with van der Waals surface area (Å²) in [5.41, 5.74) is -5.50. The van der Waals surface area contributed by atoms with Gasteiger partial charge >= 0.3 is 15.6 Å². The lowest BCUT2D eigenvalue weighted by Gasteiger charge is -2.18. The topological polar surface area (TPSA) is 43.4 Å². The van der Waals surface area contributed by atoms with Crippen LogP contribution in [-0.2, 0) is 10.1 Å². The van der Waals surface area contributed by atoms with E-state index in [4.69, 9.17) is 0 Å². The van der Waals surface area contributed by atoms with Crippen molar-refractivity contribution in [3.8, 4) is 5.75 Å². The zero-order chi connectivity index (χ0) is 22.3. The molecular formula is C25H13F3O3S. The largest absolute Gasteiger partial charge is 0.534 e. The lowest BCUT2D eigenvalue weighted by atomic mass is 9.86. The van der Waals surface area contributed by atoms with Gasteiger partial charge in [0.1, 0.15) is 5.75 Å². The third kappa shape index (κ3) is 2.51. The van der Waals surface area contributed by atoms with E-state index in [9.17, 15) is 21.6 Å². The molecule has 3 nitrogen and oxygen atoms in total. The van der Waals surface area contributed by atoms with Gasteiger partial charge < -0.3 is 4.18 Å². The van der Waals surface area contributed by atoms with Crippen LogP contribution in [0.15, 0.2) is 78.9 Å². The zero-order valence-corrected chi connectivity index (χ0v) is 17.1. The minimum Gasteiger partial charge on any atom is -0.376 e. The van der Waals surface area contributed by atoms with Gasteiger partial charge in [-0.1, -0.05) is 60.7 Å². The Balaban J connectivity index is 1.78. The molecule has 0 heterocycles. The van der Waals surface area contributed by atoms with Crippen molar-refractivity contribution in [2.24, 2.45) is 0 Å². The average Bonchev–Trinajstić information content (AvgIpc) is 2.77. The van der Waals surface area contributed by atoms with Gasteiger partial charge in [0, 0.05) is 0 Å². The van der Waals surface area contributed by atoms with Gasteiger partial charge in [-0.3, -0.25) is 0 Å². The fourth-order valence-electron chi connectivity index (χ4n) is 4.70. The molecule has 0 aromatic heterocycles. The molecule has 0 amide bonds. The predicted octanol–water partition coefficient (Wildman–Crippen LogP) is 7.12. The van der Waals surface area contributed by atoms with Crippen LogP contribution in [0.25, 0.3) is 53.9 Å². The summed E-state index contributed by atoms with van der Waals surface area (Å²) in [5.74, 6) is -0.380. The summed E-state index contributed by atoms with van der Waals surface area (Å²) in [7, 11) is -5.76. The second-order valence-electron chi connectivity index (χ2n) is 7.69. The minimum atomic E-state index is -5.76. The van der Waals surface area contributed by atoms with E-state index >= 15 is 0 Å². The highest BCUT2D eigenvalue weighted by molar-refractivity contribution is 7.88. The molecule has 0 atom stereocenters. The Bertz CT molecular complexity index is 1810. The molecule has 6 aromatic rings. The van der Waals surface area contributed by atoms with Crippen molar-refractivity contribution in [2.75, 3.05) is 0 Å². The van der Waals surface area contributed by atoms with Crippen LogP contribution >= 0.6 is 0 Å². The van der Waals surface area contributed by atoms with Crippen molar-refractivity contribution in [1.82, 2.24) is 0 Å². The van der Waals surface area contributed by atoms with Crippen LogP contribution in [0.5, 0.6) is 5.75 Å². The first-order valence-electron chi connectivity index (χ1n) is 9.78. The number of fused-ring (bicyclic) bond motifs is 6. The summed E-state index contributed by atoms with van der Waals surface area (Å²) >= 11 is 0. The number of halogens is 3. The second-order valence-corrected chi connectivity index (χ2v) is 9.23. The van der Waals surface area contributed by atoms with E-state index in [0.717, 1.165) is 48.5 Å². The first-order chi connectivity index (χ1) is 15.3. The molecule has 0 spiro atoms. The maximum Gasteiger partial charge on any atom is 0.534 e. The van der Waals surface area contributed by atoms with E-state index in [1.54, 1.807) is 6.07 Å². The maximum atomic E-state index is 12.8. The van der Waals surface area contributed by atoms with E-state index in [1.807, 2.05) is 48.5 Å². The van der Waals surface area contributed by atoms with Crippen molar-refractivity contribution >= 4 is 64.0 Å². The second kappa shape index (κ2) is 6.23. The SMILES string of the molecule is O=S(=O)(Oc1ccc2c(c1)c1cccc3c4ccccc4c4cccc2c4c31)C(F)(F)F. The average molecular weight is 450 g/mol. The van der Waals surface area contributed by atoms with Crippen LogP contribution in [0, 0.1) is 0 Å². The van der Waals surface area contributed by atoms with Gasteiger partial charge in [0.15, 0.2) is 0 Å². The smallest absolute Gasteiger partial charge is 0.376 e. The van der Waals surface area contributed by atoms with Crippen molar-refractivity contribution in [2.45, 2.75) is 5.51 Å². The fraction of sp³-hybridized carbons (Fsp3) is 0.0400. The maximum absolute atomic E-state index is 12.8. The molecular weight excluding hydrogens is 437 g/mol. The fourth-order valence-corrected chi connectivity index (χ4v) is 5.15. The summed E-state index contributed by atoms with van der Waals surface area (Å²) in [6.07, 6.45) is 0. The number of hydrogen-bond acceptors (Lipinski definition) is 3. The standard InChI is InChI=1S/C25H13F3O3S/c26-25(27,28)32(29,30)31-14-11-12-17-20-9-3-7-18-15-5-1-2-6-16(15)19-8-4-10-21(22(17)13-14)24(19)23(18)20/h1-13H. The van der Waals surface area contributed by atoms with E-state index in [2.05, 4.69) is 16.3 Å². The van der Waals surface area contributed by atoms with Crippen LogP contribution < -0.4 is 4.18 Å². The molecule has 0 radical (unpaired) electrons. The summed E-state index contributed by atoms with van der Waals surface area (Å²) < 4.78 is 66.0.